The van der Waals surface area contributed by atoms with E-state index in [1.54, 1.807) is 30.3 Å². The quantitative estimate of drug-likeness (QED) is 0.411. The van der Waals surface area contributed by atoms with Gasteiger partial charge in [-0.05, 0) is 42.0 Å². The summed E-state index contributed by atoms with van der Waals surface area (Å²) in [5.41, 5.74) is 2.79. The van der Waals surface area contributed by atoms with Crippen molar-refractivity contribution in [3.05, 3.63) is 84.2 Å². The number of anilines is 1. The Morgan fingerprint density at radius 2 is 1.55 bits per heavy atom. The first-order valence-electron chi connectivity index (χ1n) is 9.44. The van der Waals surface area contributed by atoms with Gasteiger partial charge < -0.3 is 9.47 Å². The molecule has 4 aromatic rings. The lowest BCUT2D eigenvalue weighted by Gasteiger charge is -2.08. The standard InChI is InChI=1S/C24H19FN2O3S/c1-29-19-12-17(13-20(14-19)30-2)23(28)27-24-26-21(15-8-10-18(25)11-9-15)22(31-24)16-6-4-3-5-7-16/h3-14H,1-2H3,(H,26,27,28). The second kappa shape index (κ2) is 8.97. The number of thiazole rings is 1. The van der Waals surface area contributed by atoms with Crippen LogP contribution >= 0.6 is 11.3 Å². The van der Waals surface area contributed by atoms with Crippen LogP contribution in [0.4, 0.5) is 9.52 Å². The maximum Gasteiger partial charge on any atom is 0.257 e. The molecule has 1 amide bonds. The van der Waals surface area contributed by atoms with Gasteiger partial charge in [-0.3, -0.25) is 10.1 Å². The smallest absolute Gasteiger partial charge is 0.257 e. The van der Waals surface area contributed by atoms with Crippen LogP contribution in [0.15, 0.2) is 72.8 Å². The van der Waals surface area contributed by atoms with E-state index < -0.39 is 0 Å². The van der Waals surface area contributed by atoms with Gasteiger partial charge in [0, 0.05) is 17.2 Å². The molecule has 0 aliphatic carbocycles. The summed E-state index contributed by atoms with van der Waals surface area (Å²) in [7, 11) is 3.05. The minimum Gasteiger partial charge on any atom is -0.497 e. The number of carbonyl (C=O) groups is 1. The molecule has 7 heteroatoms. The van der Waals surface area contributed by atoms with Crippen LogP contribution in [0.25, 0.3) is 21.7 Å². The largest absolute Gasteiger partial charge is 0.497 e. The monoisotopic (exact) mass is 434 g/mol. The number of rotatable bonds is 6. The molecule has 0 radical (unpaired) electrons. The van der Waals surface area contributed by atoms with Crippen LogP contribution in [0.2, 0.25) is 0 Å². The number of methoxy groups -OCH3 is 2. The minimum absolute atomic E-state index is 0.319. The van der Waals surface area contributed by atoms with Gasteiger partial charge in [0.25, 0.3) is 5.91 Å². The predicted octanol–water partition coefficient (Wildman–Crippen LogP) is 5.89. The number of benzene rings is 3. The topological polar surface area (TPSA) is 60.5 Å². The molecule has 3 aromatic carbocycles. The molecule has 0 fully saturated rings. The number of hydrogen-bond donors (Lipinski definition) is 1. The average molecular weight is 434 g/mol. The van der Waals surface area contributed by atoms with E-state index in [0.29, 0.717) is 27.9 Å². The van der Waals surface area contributed by atoms with E-state index in [1.165, 1.54) is 37.7 Å². The maximum absolute atomic E-state index is 13.4. The summed E-state index contributed by atoms with van der Waals surface area (Å²) in [6, 6.07) is 20.8. The molecule has 1 N–H and O–H groups in total. The Morgan fingerprint density at radius 3 is 2.16 bits per heavy atom. The van der Waals surface area contributed by atoms with Crippen LogP contribution in [0.5, 0.6) is 11.5 Å². The lowest BCUT2D eigenvalue weighted by atomic mass is 10.1. The predicted molar refractivity (Wildman–Crippen MR) is 120 cm³/mol. The van der Waals surface area contributed by atoms with Crippen LogP contribution in [-0.2, 0) is 0 Å². The Morgan fingerprint density at radius 1 is 0.903 bits per heavy atom. The molecule has 156 valence electrons. The first kappa shape index (κ1) is 20.6. The van der Waals surface area contributed by atoms with Gasteiger partial charge in [0.1, 0.15) is 17.3 Å². The van der Waals surface area contributed by atoms with Gasteiger partial charge in [0.15, 0.2) is 5.13 Å². The highest BCUT2D eigenvalue weighted by Crippen LogP contribution is 2.39. The van der Waals surface area contributed by atoms with Crippen LogP contribution in [0.1, 0.15) is 10.4 Å². The summed E-state index contributed by atoms with van der Waals surface area (Å²) >= 11 is 1.36. The van der Waals surface area contributed by atoms with Crippen molar-refractivity contribution < 1.29 is 18.7 Å². The number of nitrogens with one attached hydrogen (secondary N) is 1. The molecule has 0 bridgehead atoms. The fourth-order valence-corrected chi connectivity index (χ4v) is 4.06. The van der Waals surface area contributed by atoms with E-state index in [9.17, 15) is 9.18 Å². The first-order valence-corrected chi connectivity index (χ1v) is 10.3. The summed E-state index contributed by atoms with van der Waals surface area (Å²) in [6.45, 7) is 0. The molecule has 0 spiro atoms. The first-order chi connectivity index (χ1) is 15.1. The van der Waals surface area contributed by atoms with Gasteiger partial charge in [-0.1, -0.05) is 41.7 Å². The van der Waals surface area contributed by atoms with E-state index in [1.807, 2.05) is 30.3 Å². The number of hydrogen-bond acceptors (Lipinski definition) is 5. The van der Waals surface area contributed by atoms with Crippen molar-refractivity contribution in [2.75, 3.05) is 19.5 Å². The molecular weight excluding hydrogens is 415 g/mol. The average Bonchev–Trinajstić information content (AvgIpc) is 3.23. The summed E-state index contributed by atoms with van der Waals surface area (Å²) in [6.07, 6.45) is 0. The maximum atomic E-state index is 13.4. The van der Waals surface area contributed by atoms with Crippen LogP contribution in [0, 0.1) is 5.82 Å². The summed E-state index contributed by atoms with van der Waals surface area (Å²) < 4.78 is 23.9. The minimum atomic E-state index is -0.337. The van der Waals surface area contributed by atoms with Gasteiger partial charge in [0.2, 0.25) is 0 Å². The number of carbonyl (C=O) groups excluding carboxylic acids is 1. The molecule has 0 atom stereocenters. The molecule has 0 unspecified atom stereocenters. The van der Waals surface area contributed by atoms with E-state index in [0.717, 1.165) is 16.0 Å². The second-order valence-corrected chi connectivity index (χ2v) is 7.62. The molecule has 5 nitrogen and oxygen atoms in total. The second-order valence-electron chi connectivity index (χ2n) is 6.63. The van der Waals surface area contributed by atoms with Gasteiger partial charge in [-0.25, -0.2) is 9.37 Å². The highest BCUT2D eigenvalue weighted by molar-refractivity contribution is 7.19. The van der Waals surface area contributed by atoms with Gasteiger partial charge in [0.05, 0.1) is 24.8 Å². The molecule has 0 saturated heterocycles. The SMILES string of the molecule is COc1cc(OC)cc(C(=O)Nc2nc(-c3ccc(F)cc3)c(-c3ccccc3)s2)c1. The Kier molecular flexibility index (Phi) is 5.95. The number of ether oxygens (including phenoxy) is 2. The molecule has 1 heterocycles. The Labute approximate surface area is 183 Å². The fraction of sp³-hybridized carbons (Fsp3) is 0.0833. The lowest BCUT2D eigenvalue weighted by molar-refractivity contribution is 0.102. The van der Waals surface area contributed by atoms with Crippen molar-refractivity contribution in [1.82, 2.24) is 4.98 Å². The van der Waals surface area contributed by atoms with E-state index >= 15 is 0 Å². The zero-order valence-electron chi connectivity index (χ0n) is 16.9. The van der Waals surface area contributed by atoms with Crippen molar-refractivity contribution in [2.45, 2.75) is 0 Å². The number of nitrogens with zero attached hydrogens (tertiary/aromatic N) is 1. The van der Waals surface area contributed by atoms with Crippen molar-refractivity contribution in [3.63, 3.8) is 0 Å². The zero-order valence-corrected chi connectivity index (χ0v) is 17.7. The molecule has 4 rings (SSSR count). The van der Waals surface area contributed by atoms with Crippen molar-refractivity contribution in [3.8, 4) is 33.2 Å². The summed E-state index contributed by atoms with van der Waals surface area (Å²) in [4.78, 5) is 18.4. The third-order valence-electron chi connectivity index (χ3n) is 4.61. The molecule has 31 heavy (non-hydrogen) atoms. The third-order valence-corrected chi connectivity index (χ3v) is 5.63. The number of amides is 1. The van der Waals surface area contributed by atoms with Crippen molar-refractivity contribution >= 4 is 22.4 Å². The molecular formula is C24H19FN2O3S. The molecule has 0 aliphatic heterocycles. The number of halogens is 1. The highest BCUT2D eigenvalue weighted by Gasteiger charge is 2.18. The number of aromatic nitrogens is 1. The van der Waals surface area contributed by atoms with E-state index in [-0.39, 0.29) is 11.7 Å². The van der Waals surface area contributed by atoms with Gasteiger partial charge >= 0.3 is 0 Å². The molecule has 1 aromatic heterocycles. The normalized spacial score (nSPS) is 10.5. The van der Waals surface area contributed by atoms with Gasteiger partial charge in [-0.2, -0.15) is 0 Å². The third kappa shape index (κ3) is 4.57. The van der Waals surface area contributed by atoms with Crippen LogP contribution in [0.3, 0.4) is 0 Å². The summed E-state index contributed by atoms with van der Waals surface area (Å²) in [5.74, 6) is 0.373. The fourth-order valence-electron chi connectivity index (χ4n) is 3.07. The van der Waals surface area contributed by atoms with E-state index in [4.69, 9.17) is 9.47 Å². The Balaban J connectivity index is 1.71. The summed E-state index contributed by atoms with van der Waals surface area (Å²) in [5, 5.41) is 3.29. The van der Waals surface area contributed by atoms with Crippen molar-refractivity contribution in [1.29, 1.82) is 0 Å². The molecule has 0 saturated carbocycles. The Hall–Kier alpha value is -3.71. The lowest BCUT2D eigenvalue weighted by Crippen LogP contribution is -2.12. The van der Waals surface area contributed by atoms with Crippen molar-refractivity contribution in [2.24, 2.45) is 0 Å². The van der Waals surface area contributed by atoms with E-state index in [2.05, 4.69) is 10.3 Å². The highest BCUT2D eigenvalue weighted by atomic mass is 32.1. The van der Waals surface area contributed by atoms with Gasteiger partial charge in [-0.15, -0.1) is 0 Å². The zero-order chi connectivity index (χ0) is 21.8. The molecule has 0 aliphatic rings. The Bertz CT molecular complexity index is 1190. The van der Waals surface area contributed by atoms with Crippen LogP contribution in [-0.4, -0.2) is 25.1 Å². The van der Waals surface area contributed by atoms with Crippen LogP contribution < -0.4 is 14.8 Å².